The maximum Gasteiger partial charge on any atom is 0.238 e. The molecular weight excluding hydrogens is 452 g/mol. The lowest BCUT2D eigenvalue weighted by Gasteiger charge is -2.23. The van der Waals surface area contributed by atoms with Gasteiger partial charge in [-0.05, 0) is 72.2 Å². The molecule has 4 amide bonds. The van der Waals surface area contributed by atoms with Gasteiger partial charge in [-0.3, -0.25) is 29.0 Å². The van der Waals surface area contributed by atoms with E-state index in [9.17, 15) is 19.2 Å². The van der Waals surface area contributed by atoms with E-state index in [1.54, 1.807) is 24.3 Å². The molecule has 6 nitrogen and oxygen atoms in total. The number of benzene rings is 3. The van der Waals surface area contributed by atoms with Crippen LogP contribution in [-0.4, -0.2) is 23.6 Å². The summed E-state index contributed by atoms with van der Waals surface area (Å²) in [6, 6.07) is 22.7. The van der Waals surface area contributed by atoms with Crippen LogP contribution in [0.1, 0.15) is 22.3 Å². The lowest BCUT2D eigenvalue weighted by atomic mass is 9.77. The van der Waals surface area contributed by atoms with Crippen molar-refractivity contribution in [2.45, 2.75) is 25.7 Å². The van der Waals surface area contributed by atoms with Gasteiger partial charge in [0.25, 0.3) is 0 Å². The number of hydrogen-bond donors (Lipinski definition) is 0. The maximum absolute atomic E-state index is 13.3. The van der Waals surface area contributed by atoms with Crippen molar-refractivity contribution >= 4 is 35.0 Å². The van der Waals surface area contributed by atoms with Gasteiger partial charge in [0.05, 0.1) is 35.0 Å². The number of nitrogens with zero attached hydrogens (tertiary/aromatic N) is 2. The SMILES string of the molecule is O=C1C2Cc3ccccc3CC2C(=O)N1c1ccc(N2C(=O)C3Cc4ccccc4CC3C2=O)cc1. The Morgan fingerprint density at radius 2 is 0.667 bits per heavy atom. The highest BCUT2D eigenvalue weighted by atomic mass is 16.2. The van der Waals surface area contributed by atoms with Gasteiger partial charge >= 0.3 is 0 Å². The van der Waals surface area contributed by atoms with Crippen LogP contribution in [0.3, 0.4) is 0 Å². The summed E-state index contributed by atoms with van der Waals surface area (Å²) in [7, 11) is 0. The molecule has 3 aromatic carbocycles. The van der Waals surface area contributed by atoms with Gasteiger partial charge in [-0.1, -0.05) is 48.5 Å². The standard InChI is InChI=1S/C30H24N2O4/c33-27-23-13-17-5-1-2-6-18(17)14-24(23)28(34)31(27)21-9-11-22(12-10-21)32-29(35)25-15-19-7-3-4-8-20(19)16-26(25)30(32)36/h1-12,23-26H,13-16H2. The molecular formula is C30H24N2O4. The average molecular weight is 477 g/mol. The Kier molecular flexibility index (Phi) is 4.55. The molecule has 7 rings (SSSR count). The summed E-state index contributed by atoms with van der Waals surface area (Å²) >= 11 is 0. The average Bonchev–Trinajstić information content (AvgIpc) is 3.29. The van der Waals surface area contributed by atoms with Gasteiger partial charge in [-0.25, -0.2) is 0 Å². The smallest absolute Gasteiger partial charge is 0.238 e. The molecule has 0 saturated carbocycles. The fourth-order valence-corrected chi connectivity index (χ4v) is 6.61. The van der Waals surface area contributed by atoms with Crippen LogP contribution in [0.4, 0.5) is 11.4 Å². The van der Waals surface area contributed by atoms with E-state index in [1.165, 1.54) is 9.80 Å². The Balaban J connectivity index is 1.14. The third-order valence-corrected chi connectivity index (χ3v) is 8.48. The molecule has 0 N–H and O–H groups in total. The van der Waals surface area contributed by atoms with Crippen molar-refractivity contribution in [1.82, 2.24) is 0 Å². The van der Waals surface area contributed by atoms with Crippen molar-refractivity contribution in [3.8, 4) is 0 Å². The molecule has 2 aliphatic heterocycles. The number of amides is 4. The van der Waals surface area contributed by atoms with Crippen molar-refractivity contribution in [3.63, 3.8) is 0 Å². The molecule has 4 unspecified atom stereocenters. The highest BCUT2D eigenvalue weighted by molar-refractivity contribution is 6.24. The third-order valence-electron chi connectivity index (χ3n) is 8.48. The number of anilines is 2. The van der Waals surface area contributed by atoms with E-state index in [-0.39, 0.29) is 47.3 Å². The number of carbonyl (C=O) groups is 4. The first-order valence-electron chi connectivity index (χ1n) is 12.5. The number of hydrogen-bond acceptors (Lipinski definition) is 4. The van der Waals surface area contributed by atoms with Crippen molar-refractivity contribution in [2.24, 2.45) is 23.7 Å². The quantitative estimate of drug-likeness (QED) is 0.531. The topological polar surface area (TPSA) is 74.8 Å². The third kappa shape index (κ3) is 2.97. The zero-order valence-corrected chi connectivity index (χ0v) is 19.6. The second-order valence-corrected chi connectivity index (χ2v) is 10.3. The van der Waals surface area contributed by atoms with Gasteiger partial charge in [-0.15, -0.1) is 0 Å². The van der Waals surface area contributed by atoms with Crippen LogP contribution in [0.25, 0.3) is 0 Å². The highest BCUT2D eigenvalue weighted by Crippen LogP contribution is 2.42. The normalized spacial score (nSPS) is 26.6. The van der Waals surface area contributed by atoms with Crippen LogP contribution in [0, 0.1) is 23.7 Å². The molecule has 0 aromatic heterocycles. The minimum atomic E-state index is -0.349. The fourth-order valence-electron chi connectivity index (χ4n) is 6.61. The summed E-state index contributed by atoms with van der Waals surface area (Å²) in [6.07, 6.45) is 2.29. The minimum Gasteiger partial charge on any atom is -0.274 e. The van der Waals surface area contributed by atoms with Crippen LogP contribution in [0.15, 0.2) is 72.8 Å². The van der Waals surface area contributed by atoms with Crippen LogP contribution in [0.5, 0.6) is 0 Å². The van der Waals surface area contributed by atoms with E-state index in [2.05, 4.69) is 0 Å². The monoisotopic (exact) mass is 476 g/mol. The van der Waals surface area contributed by atoms with Gasteiger partial charge in [0, 0.05) is 0 Å². The zero-order chi connectivity index (χ0) is 24.6. The summed E-state index contributed by atoms with van der Waals surface area (Å²) in [4.78, 5) is 55.7. The minimum absolute atomic E-state index is 0.177. The molecule has 3 aromatic rings. The number of fused-ring (bicyclic) bond motifs is 4. The van der Waals surface area contributed by atoms with Crippen molar-refractivity contribution in [3.05, 3.63) is 95.1 Å². The molecule has 2 aliphatic carbocycles. The summed E-state index contributed by atoms with van der Waals surface area (Å²) in [5, 5.41) is 0. The first-order valence-corrected chi connectivity index (χ1v) is 12.5. The Labute approximate surface area is 208 Å². The molecule has 0 radical (unpaired) electrons. The number of rotatable bonds is 2. The molecule has 2 fully saturated rings. The Bertz CT molecular complexity index is 1260. The second-order valence-electron chi connectivity index (χ2n) is 10.3. The predicted octanol–water partition coefficient (Wildman–Crippen LogP) is 3.50. The van der Waals surface area contributed by atoms with Crippen LogP contribution in [0.2, 0.25) is 0 Å². The fraction of sp³-hybridized carbons (Fsp3) is 0.267. The van der Waals surface area contributed by atoms with E-state index >= 15 is 0 Å². The predicted molar refractivity (Wildman–Crippen MR) is 133 cm³/mol. The van der Waals surface area contributed by atoms with Gasteiger partial charge in [0.15, 0.2) is 0 Å². The molecule has 0 spiro atoms. The first-order chi connectivity index (χ1) is 17.5. The molecule has 2 saturated heterocycles. The molecule has 0 bridgehead atoms. The second kappa shape index (κ2) is 7.72. The zero-order valence-electron chi connectivity index (χ0n) is 19.6. The van der Waals surface area contributed by atoms with Crippen LogP contribution >= 0.6 is 0 Å². The van der Waals surface area contributed by atoms with E-state index in [1.807, 2.05) is 48.5 Å². The Morgan fingerprint density at radius 1 is 0.417 bits per heavy atom. The van der Waals surface area contributed by atoms with Gasteiger partial charge in [0.1, 0.15) is 0 Å². The van der Waals surface area contributed by atoms with Gasteiger partial charge in [-0.2, -0.15) is 0 Å². The maximum atomic E-state index is 13.3. The molecule has 2 heterocycles. The molecule has 4 aliphatic rings. The van der Waals surface area contributed by atoms with Crippen LogP contribution < -0.4 is 9.80 Å². The molecule has 36 heavy (non-hydrogen) atoms. The van der Waals surface area contributed by atoms with Crippen molar-refractivity contribution in [1.29, 1.82) is 0 Å². The summed E-state index contributed by atoms with van der Waals surface area (Å²) in [5.74, 6) is -2.10. The highest BCUT2D eigenvalue weighted by Gasteiger charge is 2.51. The lowest BCUT2D eigenvalue weighted by Crippen LogP contribution is -2.32. The summed E-state index contributed by atoms with van der Waals surface area (Å²) in [5.41, 5.74) is 5.49. The summed E-state index contributed by atoms with van der Waals surface area (Å²) in [6.45, 7) is 0. The first kappa shape index (κ1) is 21.2. The molecule has 4 atom stereocenters. The largest absolute Gasteiger partial charge is 0.274 e. The summed E-state index contributed by atoms with van der Waals surface area (Å²) < 4.78 is 0. The Morgan fingerprint density at radius 3 is 0.917 bits per heavy atom. The molecule has 178 valence electrons. The lowest BCUT2D eigenvalue weighted by molar-refractivity contribution is -0.124. The van der Waals surface area contributed by atoms with Crippen LogP contribution in [-0.2, 0) is 44.9 Å². The number of carbonyl (C=O) groups excluding carboxylic acids is 4. The van der Waals surface area contributed by atoms with Crippen molar-refractivity contribution in [2.75, 3.05) is 9.80 Å². The van der Waals surface area contributed by atoms with E-state index in [4.69, 9.17) is 0 Å². The molecule has 6 heteroatoms. The van der Waals surface area contributed by atoms with Crippen molar-refractivity contribution < 1.29 is 19.2 Å². The van der Waals surface area contributed by atoms with Gasteiger partial charge in [0.2, 0.25) is 23.6 Å². The number of imide groups is 2. The van der Waals surface area contributed by atoms with Gasteiger partial charge < -0.3 is 0 Å². The van der Waals surface area contributed by atoms with E-state index in [0.717, 1.165) is 22.3 Å². The van der Waals surface area contributed by atoms with E-state index in [0.29, 0.717) is 37.1 Å². The Hall–Kier alpha value is -4.06. The van der Waals surface area contributed by atoms with E-state index < -0.39 is 0 Å².